The van der Waals surface area contributed by atoms with Gasteiger partial charge in [0, 0.05) is 17.6 Å². The normalized spacial score (nSPS) is 20.3. The lowest BCUT2D eigenvalue weighted by Crippen LogP contribution is -2.44. The molecule has 3 rings (SSSR count). The maximum Gasteiger partial charge on any atom is 0.308 e. The summed E-state index contributed by atoms with van der Waals surface area (Å²) < 4.78 is 5.62. The fraction of sp³-hybridized carbons (Fsp3) is 0.421. The molecule has 0 unspecified atom stereocenters. The summed E-state index contributed by atoms with van der Waals surface area (Å²) in [4.78, 5) is 28.0. The molecule has 26 heavy (non-hydrogen) atoms. The third-order valence-electron chi connectivity index (χ3n) is 4.72. The Bertz CT molecular complexity index is 811. The number of fused-ring (bicyclic) bond motifs is 1. The smallest absolute Gasteiger partial charge is 0.308 e. The van der Waals surface area contributed by atoms with Crippen LogP contribution in [0.4, 0.5) is 0 Å². The van der Waals surface area contributed by atoms with Crippen molar-refractivity contribution >= 4 is 34.4 Å². The monoisotopic (exact) mass is 376 g/mol. The highest BCUT2D eigenvalue weighted by Crippen LogP contribution is 2.29. The molecule has 1 saturated carbocycles. The zero-order valence-electron chi connectivity index (χ0n) is 14.3. The molecule has 0 aliphatic heterocycles. The zero-order chi connectivity index (χ0) is 18.5. The second-order valence-corrected chi connectivity index (χ2v) is 6.90. The third kappa shape index (κ3) is 4.25. The van der Waals surface area contributed by atoms with E-state index in [2.05, 4.69) is 10.3 Å². The number of halogens is 1. The van der Waals surface area contributed by atoms with E-state index in [0.717, 1.165) is 24.6 Å². The Morgan fingerprint density at radius 1 is 1.23 bits per heavy atom. The fourth-order valence-corrected chi connectivity index (χ4v) is 3.61. The van der Waals surface area contributed by atoms with Gasteiger partial charge in [0.1, 0.15) is 11.3 Å². The van der Waals surface area contributed by atoms with Crippen LogP contribution in [0.1, 0.15) is 32.1 Å². The molecule has 1 amide bonds. The van der Waals surface area contributed by atoms with Gasteiger partial charge >= 0.3 is 5.97 Å². The Kier molecular flexibility index (Phi) is 5.93. The van der Waals surface area contributed by atoms with Crippen LogP contribution in [0.2, 0.25) is 5.02 Å². The number of benzene rings is 1. The van der Waals surface area contributed by atoms with Gasteiger partial charge in [-0.05, 0) is 37.1 Å². The molecule has 0 radical (unpaired) electrons. The lowest BCUT2D eigenvalue weighted by Gasteiger charge is -2.23. The van der Waals surface area contributed by atoms with E-state index in [1.165, 1.54) is 0 Å². The molecule has 2 N–H and O–H groups in total. The van der Waals surface area contributed by atoms with Crippen LogP contribution >= 0.6 is 11.6 Å². The van der Waals surface area contributed by atoms with Gasteiger partial charge in [0.15, 0.2) is 6.61 Å². The summed E-state index contributed by atoms with van der Waals surface area (Å²) in [5, 5.41) is 13.5. The molecule has 1 fully saturated rings. The van der Waals surface area contributed by atoms with Gasteiger partial charge in [-0.3, -0.25) is 14.6 Å². The molecule has 1 aliphatic rings. The summed E-state index contributed by atoms with van der Waals surface area (Å²) in [5.74, 6) is -1.26. The number of nitrogens with zero attached hydrogens (tertiary/aromatic N) is 1. The summed E-state index contributed by atoms with van der Waals surface area (Å²) in [6, 6.07) is 6.64. The van der Waals surface area contributed by atoms with Crippen LogP contribution in [-0.4, -0.2) is 34.6 Å². The number of ether oxygens (including phenoxy) is 1. The number of carbonyl (C=O) groups is 2. The van der Waals surface area contributed by atoms with E-state index < -0.39 is 11.9 Å². The summed E-state index contributed by atoms with van der Waals surface area (Å²) in [6.07, 6.45) is 5.69. The van der Waals surface area contributed by atoms with Crippen molar-refractivity contribution in [2.45, 2.75) is 38.1 Å². The van der Waals surface area contributed by atoms with E-state index in [1.807, 2.05) is 6.07 Å². The Balaban J connectivity index is 1.65. The number of aliphatic carboxylic acids is 1. The SMILES string of the molecule is O=C(COc1ccc(Cl)c2cccnc12)N[C@H]1CCCCC[C@H]1C(=O)O. The van der Waals surface area contributed by atoms with Gasteiger partial charge in [0.2, 0.25) is 0 Å². The van der Waals surface area contributed by atoms with Gasteiger partial charge in [-0.1, -0.05) is 30.9 Å². The minimum Gasteiger partial charge on any atom is -0.481 e. The van der Waals surface area contributed by atoms with Crippen LogP contribution in [0.25, 0.3) is 10.9 Å². The minimum atomic E-state index is -0.856. The first kappa shape index (κ1) is 18.5. The first-order valence-corrected chi connectivity index (χ1v) is 9.12. The van der Waals surface area contributed by atoms with Crippen LogP contribution in [0.15, 0.2) is 30.5 Å². The van der Waals surface area contributed by atoms with Crippen LogP contribution < -0.4 is 10.1 Å². The number of carboxylic acids is 1. The number of carbonyl (C=O) groups excluding carboxylic acids is 1. The number of carboxylic acid groups (broad SMARTS) is 1. The van der Waals surface area contributed by atoms with Crippen LogP contribution in [0.5, 0.6) is 5.75 Å². The number of aromatic nitrogens is 1. The minimum absolute atomic E-state index is 0.198. The number of amides is 1. The maximum atomic E-state index is 12.3. The van der Waals surface area contributed by atoms with Crippen molar-refractivity contribution in [2.24, 2.45) is 5.92 Å². The largest absolute Gasteiger partial charge is 0.481 e. The number of hydrogen-bond acceptors (Lipinski definition) is 4. The predicted octanol–water partition coefficient (Wildman–Crippen LogP) is 3.42. The van der Waals surface area contributed by atoms with Gasteiger partial charge in [0.05, 0.1) is 10.9 Å². The molecule has 1 aromatic carbocycles. The quantitative estimate of drug-likeness (QED) is 0.780. The van der Waals surface area contributed by atoms with Gasteiger partial charge in [-0.15, -0.1) is 0 Å². The molecule has 7 heteroatoms. The lowest BCUT2D eigenvalue weighted by molar-refractivity contribution is -0.143. The molecule has 1 heterocycles. The molecule has 6 nitrogen and oxygen atoms in total. The molecule has 2 atom stereocenters. The molecular weight excluding hydrogens is 356 g/mol. The van der Waals surface area contributed by atoms with Gasteiger partial charge in [-0.2, -0.15) is 0 Å². The molecular formula is C19H21ClN2O4. The predicted molar refractivity (Wildman–Crippen MR) is 98.4 cm³/mol. The summed E-state index contributed by atoms with van der Waals surface area (Å²) >= 11 is 6.15. The number of pyridine rings is 1. The van der Waals surface area contributed by atoms with Gasteiger partial charge < -0.3 is 15.2 Å². The van der Waals surface area contributed by atoms with Crippen LogP contribution in [0.3, 0.4) is 0 Å². The van der Waals surface area contributed by atoms with Crippen molar-refractivity contribution in [1.82, 2.24) is 10.3 Å². The first-order valence-electron chi connectivity index (χ1n) is 8.74. The van der Waals surface area contributed by atoms with Crippen LogP contribution in [0, 0.1) is 5.92 Å². The number of rotatable bonds is 5. The molecule has 0 spiro atoms. The van der Waals surface area contributed by atoms with Gasteiger partial charge in [-0.25, -0.2) is 0 Å². The maximum absolute atomic E-state index is 12.3. The summed E-state index contributed by atoms with van der Waals surface area (Å²) in [5.41, 5.74) is 0.589. The molecule has 1 aliphatic carbocycles. The lowest BCUT2D eigenvalue weighted by atomic mass is 9.95. The van der Waals surface area contributed by atoms with E-state index in [0.29, 0.717) is 29.1 Å². The topological polar surface area (TPSA) is 88.5 Å². The second-order valence-electron chi connectivity index (χ2n) is 6.49. The van der Waals surface area contributed by atoms with Crippen LogP contribution in [-0.2, 0) is 9.59 Å². The second kappa shape index (κ2) is 8.36. The number of nitrogens with one attached hydrogen (secondary N) is 1. The van der Waals surface area contributed by atoms with Crippen molar-refractivity contribution in [2.75, 3.05) is 6.61 Å². The van der Waals surface area contributed by atoms with Crippen molar-refractivity contribution in [1.29, 1.82) is 0 Å². The van der Waals surface area contributed by atoms with Crippen molar-refractivity contribution in [3.8, 4) is 5.75 Å². The van der Waals surface area contributed by atoms with E-state index in [9.17, 15) is 14.7 Å². The average Bonchev–Trinajstić information content (AvgIpc) is 2.87. The average molecular weight is 377 g/mol. The van der Waals surface area contributed by atoms with E-state index in [4.69, 9.17) is 16.3 Å². The molecule has 0 bridgehead atoms. The van der Waals surface area contributed by atoms with E-state index >= 15 is 0 Å². The fourth-order valence-electron chi connectivity index (χ4n) is 3.40. The zero-order valence-corrected chi connectivity index (χ0v) is 15.0. The Hall–Kier alpha value is -2.34. The molecule has 0 saturated heterocycles. The molecule has 138 valence electrons. The standard InChI is InChI=1S/C19H21ClN2O4/c20-14-8-9-16(18-12(14)6-4-10-21-18)26-11-17(23)22-15-7-3-1-2-5-13(15)19(24)25/h4,6,8-10,13,15H,1-3,5,7,11H2,(H,22,23)(H,24,25)/t13-,15+/m1/s1. The first-order chi connectivity index (χ1) is 12.6. The van der Waals surface area contributed by atoms with Crippen molar-refractivity contribution in [3.05, 3.63) is 35.5 Å². The summed E-state index contributed by atoms with van der Waals surface area (Å²) in [6.45, 7) is -0.198. The highest BCUT2D eigenvalue weighted by atomic mass is 35.5. The van der Waals surface area contributed by atoms with Crippen molar-refractivity contribution < 1.29 is 19.4 Å². The molecule has 1 aromatic heterocycles. The Morgan fingerprint density at radius 3 is 2.85 bits per heavy atom. The third-order valence-corrected chi connectivity index (χ3v) is 5.05. The highest BCUT2D eigenvalue weighted by molar-refractivity contribution is 6.35. The Labute approximate surface area is 156 Å². The van der Waals surface area contributed by atoms with E-state index in [1.54, 1.807) is 24.4 Å². The van der Waals surface area contributed by atoms with Crippen molar-refractivity contribution in [3.63, 3.8) is 0 Å². The summed E-state index contributed by atoms with van der Waals surface area (Å²) in [7, 11) is 0. The van der Waals surface area contributed by atoms with E-state index in [-0.39, 0.29) is 18.6 Å². The molecule has 2 aromatic rings. The number of hydrogen-bond donors (Lipinski definition) is 2. The van der Waals surface area contributed by atoms with Gasteiger partial charge in [0.25, 0.3) is 5.91 Å². The Morgan fingerprint density at radius 2 is 2.04 bits per heavy atom. The highest BCUT2D eigenvalue weighted by Gasteiger charge is 2.30.